The van der Waals surface area contributed by atoms with E-state index in [0.717, 1.165) is 35.9 Å². The second kappa shape index (κ2) is 9.03. The summed E-state index contributed by atoms with van der Waals surface area (Å²) < 4.78 is 12.4. The van der Waals surface area contributed by atoms with E-state index >= 15 is 0 Å². The van der Waals surface area contributed by atoms with Crippen LogP contribution in [-0.2, 0) is 11.4 Å². The highest BCUT2D eigenvalue weighted by Gasteiger charge is 2.31. The van der Waals surface area contributed by atoms with Crippen LogP contribution in [0.1, 0.15) is 42.0 Å². The fourth-order valence-electron chi connectivity index (χ4n) is 3.97. The molecule has 2 aromatic rings. The van der Waals surface area contributed by atoms with Crippen molar-refractivity contribution in [3.8, 4) is 5.75 Å². The van der Waals surface area contributed by atoms with Crippen LogP contribution in [0, 0.1) is 5.92 Å². The Morgan fingerprint density at radius 3 is 2.31 bits per heavy atom. The predicted octanol–water partition coefficient (Wildman–Crippen LogP) is 4.10. The molecule has 0 unspecified atom stereocenters. The standard InChI is InChI=1S/C22H25BrN2O4/c23-17-5-7-18(8-6-17)28-15-19-9-10-20(29-19)22(27)25-13-11-24(12-14-25)21(26)16-3-1-2-4-16/h5-10,16H,1-4,11-15H2. The molecule has 0 atom stereocenters. The van der Waals surface area contributed by atoms with Crippen LogP contribution in [0.3, 0.4) is 0 Å². The molecule has 2 amide bonds. The minimum absolute atomic E-state index is 0.132. The number of carbonyl (C=O) groups excluding carboxylic acids is 2. The molecule has 1 aliphatic carbocycles. The molecule has 7 heteroatoms. The van der Waals surface area contributed by atoms with E-state index in [2.05, 4.69) is 15.9 Å². The van der Waals surface area contributed by atoms with Crippen molar-refractivity contribution < 1.29 is 18.7 Å². The van der Waals surface area contributed by atoms with E-state index in [4.69, 9.17) is 9.15 Å². The maximum absolute atomic E-state index is 12.7. The molecule has 1 aromatic carbocycles. The Kier molecular flexibility index (Phi) is 6.23. The summed E-state index contributed by atoms with van der Waals surface area (Å²) in [6, 6.07) is 11.0. The lowest BCUT2D eigenvalue weighted by atomic mass is 10.1. The lowest BCUT2D eigenvalue weighted by Gasteiger charge is -2.35. The van der Waals surface area contributed by atoms with Crippen molar-refractivity contribution in [2.24, 2.45) is 5.92 Å². The van der Waals surface area contributed by atoms with Crippen LogP contribution in [0.25, 0.3) is 0 Å². The van der Waals surface area contributed by atoms with E-state index < -0.39 is 0 Å². The Balaban J connectivity index is 1.28. The zero-order valence-corrected chi connectivity index (χ0v) is 17.9. The van der Waals surface area contributed by atoms with Gasteiger partial charge in [0.15, 0.2) is 5.76 Å². The van der Waals surface area contributed by atoms with Gasteiger partial charge in [0.1, 0.15) is 18.1 Å². The smallest absolute Gasteiger partial charge is 0.289 e. The first-order chi connectivity index (χ1) is 14.1. The van der Waals surface area contributed by atoms with Crippen LogP contribution in [-0.4, -0.2) is 47.8 Å². The molecule has 2 heterocycles. The number of amides is 2. The van der Waals surface area contributed by atoms with Crippen molar-refractivity contribution in [3.05, 3.63) is 52.4 Å². The number of benzene rings is 1. The molecule has 2 fully saturated rings. The van der Waals surface area contributed by atoms with E-state index in [0.29, 0.717) is 37.7 Å². The number of rotatable bonds is 5. The maximum atomic E-state index is 12.7. The monoisotopic (exact) mass is 460 g/mol. The average Bonchev–Trinajstić information content (AvgIpc) is 3.45. The van der Waals surface area contributed by atoms with Crippen molar-refractivity contribution in [1.82, 2.24) is 9.80 Å². The van der Waals surface area contributed by atoms with Gasteiger partial charge in [-0.1, -0.05) is 28.8 Å². The number of ether oxygens (including phenoxy) is 1. The molecule has 0 bridgehead atoms. The fourth-order valence-corrected chi connectivity index (χ4v) is 4.24. The Morgan fingerprint density at radius 1 is 0.966 bits per heavy atom. The molecule has 6 nitrogen and oxygen atoms in total. The lowest BCUT2D eigenvalue weighted by Crippen LogP contribution is -2.51. The Bertz CT molecular complexity index is 850. The number of hydrogen-bond acceptors (Lipinski definition) is 4. The van der Waals surface area contributed by atoms with Gasteiger partial charge in [0.25, 0.3) is 5.91 Å². The quantitative estimate of drug-likeness (QED) is 0.673. The zero-order valence-electron chi connectivity index (χ0n) is 16.3. The number of piperazine rings is 1. The predicted molar refractivity (Wildman–Crippen MR) is 112 cm³/mol. The molecule has 0 N–H and O–H groups in total. The van der Waals surface area contributed by atoms with Crippen LogP contribution >= 0.6 is 15.9 Å². The summed E-state index contributed by atoms with van der Waals surface area (Å²) in [5.74, 6) is 1.98. The van der Waals surface area contributed by atoms with Crippen LogP contribution < -0.4 is 4.74 Å². The van der Waals surface area contributed by atoms with Gasteiger partial charge in [-0.05, 0) is 49.2 Å². The first-order valence-electron chi connectivity index (χ1n) is 10.2. The second-order valence-corrected chi connectivity index (χ2v) is 8.52. The van der Waals surface area contributed by atoms with Gasteiger partial charge >= 0.3 is 0 Å². The van der Waals surface area contributed by atoms with Crippen molar-refractivity contribution in [1.29, 1.82) is 0 Å². The fraction of sp³-hybridized carbons (Fsp3) is 0.455. The summed E-state index contributed by atoms with van der Waals surface area (Å²) in [4.78, 5) is 29.0. The first kappa shape index (κ1) is 20.0. The van der Waals surface area contributed by atoms with Crippen molar-refractivity contribution in [2.45, 2.75) is 32.3 Å². The lowest BCUT2D eigenvalue weighted by molar-refractivity contribution is -0.136. The van der Waals surface area contributed by atoms with Gasteiger partial charge < -0.3 is 19.0 Å². The summed E-state index contributed by atoms with van der Waals surface area (Å²) in [5.41, 5.74) is 0. The van der Waals surface area contributed by atoms with Crippen molar-refractivity contribution in [3.63, 3.8) is 0 Å². The SMILES string of the molecule is O=C(c1ccc(COc2ccc(Br)cc2)o1)N1CCN(C(=O)C2CCCC2)CC1. The number of carbonyl (C=O) groups is 2. The van der Waals surface area contributed by atoms with Gasteiger partial charge in [-0.2, -0.15) is 0 Å². The Hall–Kier alpha value is -2.28. The van der Waals surface area contributed by atoms with E-state index in [-0.39, 0.29) is 24.3 Å². The average molecular weight is 461 g/mol. The third kappa shape index (κ3) is 4.83. The molecule has 1 saturated carbocycles. The van der Waals surface area contributed by atoms with Crippen LogP contribution in [0.5, 0.6) is 5.75 Å². The molecule has 1 saturated heterocycles. The number of hydrogen-bond donors (Lipinski definition) is 0. The minimum atomic E-state index is -0.132. The largest absolute Gasteiger partial charge is 0.486 e. The molecule has 0 radical (unpaired) electrons. The van der Waals surface area contributed by atoms with Crippen LogP contribution in [0.2, 0.25) is 0 Å². The summed E-state index contributed by atoms with van der Waals surface area (Å²) in [7, 11) is 0. The third-order valence-electron chi connectivity index (χ3n) is 5.65. The minimum Gasteiger partial charge on any atom is -0.486 e. The summed E-state index contributed by atoms with van der Waals surface area (Å²) >= 11 is 3.39. The number of nitrogens with zero attached hydrogens (tertiary/aromatic N) is 2. The van der Waals surface area contributed by atoms with Crippen molar-refractivity contribution >= 4 is 27.7 Å². The zero-order chi connectivity index (χ0) is 20.2. The molecular weight excluding hydrogens is 436 g/mol. The number of furan rings is 1. The molecule has 154 valence electrons. The summed E-state index contributed by atoms with van der Waals surface area (Å²) in [5, 5.41) is 0. The van der Waals surface area contributed by atoms with Crippen LogP contribution in [0.15, 0.2) is 45.3 Å². The molecule has 29 heavy (non-hydrogen) atoms. The molecule has 1 aliphatic heterocycles. The highest BCUT2D eigenvalue weighted by atomic mass is 79.9. The van der Waals surface area contributed by atoms with Gasteiger partial charge in [0.2, 0.25) is 5.91 Å². The highest BCUT2D eigenvalue weighted by molar-refractivity contribution is 9.10. The molecule has 1 aromatic heterocycles. The van der Waals surface area contributed by atoms with Gasteiger partial charge in [0.05, 0.1) is 0 Å². The van der Waals surface area contributed by atoms with Gasteiger partial charge in [-0.15, -0.1) is 0 Å². The maximum Gasteiger partial charge on any atom is 0.289 e. The third-order valence-corrected chi connectivity index (χ3v) is 6.18. The van der Waals surface area contributed by atoms with E-state index in [9.17, 15) is 9.59 Å². The summed E-state index contributed by atoms with van der Waals surface area (Å²) in [6.07, 6.45) is 4.33. The normalized spacial score (nSPS) is 17.6. The molecular formula is C22H25BrN2O4. The van der Waals surface area contributed by atoms with Gasteiger partial charge in [0, 0.05) is 36.6 Å². The Morgan fingerprint density at radius 2 is 1.62 bits per heavy atom. The first-order valence-corrected chi connectivity index (χ1v) is 10.9. The van der Waals surface area contributed by atoms with E-state index in [1.54, 1.807) is 17.0 Å². The van der Waals surface area contributed by atoms with E-state index in [1.165, 1.54) is 0 Å². The van der Waals surface area contributed by atoms with Crippen molar-refractivity contribution in [2.75, 3.05) is 26.2 Å². The summed E-state index contributed by atoms with van der Waals surface area (Å²) in [6.45, 7) is 2.55. The van der Waals surface area contributed by atoms with Crippen LogP contribution in [0.4, 0.5) is 0 Å². The molecule has 2 aliphatic rings. The highest BCUT2D eigenvalue weighted by Crippen LogP contribution is 2.27. The van der Waals surface area contributed by atoms with Gasteiger partial charge in [-0.3, -0.25) is 9.59 Å². The molecule has 4 rings (SSSR count). The van der Waals surface area contributed by atoms with E-state index in [1.807, 2.05) is 29.2 Å². The Labute approximate surface area is 178 Å². The number of halogens is 1. The topological polar surface area (TPSA) is 63.0 Å². The second-order valence-electron chi connectivity index (χ2n) is 7.61. The molecule has 0 spiro atoms. The van der Waals surface area contributed by atoms with Gasteiger partial charge in [-0.25, -0.2) is 0 Å².